The quantitative estimate of drug-likeness (QED) is 0.611. The highest BCUT2D eigenvalue weighted by Crippen LogP contribution is 2.08. The highest BCUT2D eigenvalue weighted by Gasteiger charge is 2.17. The van der Waals surface area contributed by atoms with Crippen LogP contribution in [-0.2, 0) is 0 Å². The number of amides is 1. The van der Waals surface area contributed by atoms with Gasteiger partial charge in [-0.15, -0.1) is 0 Å². The molecule has 68 valence electrons. The van der Waals surface area contributed by atoms with Crippen LogP contribution in [0.15, 0.2) is 35.0 Å². The van der Waals surface area contributed by atoms with E-state index in [0.717, 1.165) is 13.0 Å². The second-order valence-electron chi connectivity index (χ2n) is 2.99. The predicted octanol–water partition coefficient (Wildman–Crippen LogP) is 1.68. The molecule has 0 fully saturated rings. The Hall–Kier alpha value is -1.51. The van der Waals surface area contributed by atoms with E-state index >= 15 is 0 Å². The number of rotatable bonds is 1. The molecule has 3 nitrogen and oxygen atoms in total. The molecular weight excluding hydrogens is 166 g/mol. The van der Waals surface area contributed by atoms with E-state index in [1.54, 1.807) is 17.0 Å². The normalized spacial score (nSPS) is 16.2. The fourth-order valence-electron chi connectivity index (χ4n) is 1.38. The molecule has 0 saturated carbocycles. The molecule has 0 N–H and O–H groups in total. The van der Waals surface area contributed by atoms with Gasteiger partial charge in [-0.05, 0) is 18.6 Å². The summed E-state index contributed by atoms with van der Waals surface area (Å²) >= 11 is 0. The maximum atomic E-state index is 11.7. The van der Waals surface area contributed by atoms with E-state index < -0.39 is 0 Å². The van der Waals surface area contributed by atoms with Gasteiger partial charge in [0.25, 0.3) is 5.91 Å². The number of carbonyl (C=O) groups is 1. The molecule has 1 aromatic rings. The molecule has 0 bridgehead atoms. The Bertz CT molecular complexity index is 314. The van der Waals surface area contributed by atoms with Gasteiger partial charge in [0.1, 0.15) is 0 Å². The fourth-order valence-corrected chi connectivity index (χ4v) is 1.38. The SMILES string of the molecule is O=C(c1ccco1)N1CC=CCC1. The number of carbonyl (C=O) groups excluding carboxylic acids is 1. The van der Waals surface area contributed by atoms with Crippen LogP contribution in [-0.4, -0.2) is 23.9 Å². The van der Waals surface area contributed by atoms with Gasteiger partial charge in [-0.25, -0.2) is 0 Å². The molecule has 0 unspecified atom stereocenters. The summed E-state index contributed by atoms with van der Waals surface area (Å²) in [5, 5.41) is 0. The average molecular weight is 177 g/mol. The summed E-state index contributed by atoms with van der Waals surface area (Å²) in [5.41, 5.74) is 0. The predicted molar refractivity (Wildman–Crippen MR) is 48.4 cm³/mol. The van der Waals surface area contributed by atoms with Crippen molar-refractivity contribution in [2.75, 3.05) is 13.1 Å². The summed E-state index contributed by atoms with van der Waals surface area (Å²) in [4.78, 5) is 13.4. The molecule has 1 aromatic heterocycles. The lowest BCUT2D eigenvalue weighted by Crippen LogP contribution is -2.33. The first-order valence-corrected chi connectivity index (χ1v) is 4.36. The minimum Gasteiger partial charge on any atom is -0.459 e. The molecule has 1 aliphatic heterocycles. The zero-order valence-corrected chi connectivity index (χ0v) is 7.27. The van der Waals surface area contributed by atoms with Crippen LogP contribution in [0.3, 0.4) is 0 Å². The third kappa shape index (κ3) is 1.64. The number of hydrogen-bond donors (Lipinski definition) is 0. The van der Waals surface area contributed by atoms with E-state index in [0.29, 0.717) is 12.3 Å². The van der Waals surface area contributed by atoms with Gasteiger partial charge < -0.3 is 9.32 Å². The van der Waals surface area contributed by atoms with E-state index in [-0.39, 0.29) is 5.91 Å². The van der Waals surface area contributed by atoms with E-state index in [1.165, 1.54) is 6.26 Å². The Balaban J connectivity index is 2.09. The van der Waals surface area contributed by atoms with E-state index in [1.807, 2.05) is 6.08 Å². The smallest absolute Gasteiger partial charge is 0.289 e. The average Bonchev–Trinajstić information content (AvgIpc) is 2.71. The standard InChI is InChI=1S/C10H11NO2/c12-10(9-5-4-8-13-9)11-6-2-1-3-7-11/h1-2,4-5,8H,3,6-7H2. The highest BCUT2D eigenvalue weighted by molar-refractivity contribution is 5.91. The lowest BCUT2D eigenvalue weighted by Gasteiger charge is -2.21. The van der Waals surface area contributed by atoms with Crippen LogP contribution in [0.25, 0.3) is 0 Å². The van der Waals surface area contributed by atoms with Gasteiger partial charge in [0.05, 0.1) is 6.26 Å². The van der Waals surface area contributed by atoms with Crippen molar-refractivity contribution in [3.63, 3.8) is 0 Å². The van der Waals surface area contributed by atoms with Gasteiger partial charge >= 0.3 is 0 Å². The minimum absolute atomic E-state index is 0.0191. The molecule has 0 aliphatic carbocycles. The van der Waals surface area contributed by atoms with Crippen molar-refractivity contribution in [3.8, 4) is 0 Å². The van der Waals surface area contributed by atoms with Crippen LogP contribution in [0, 0.1) is 0 Å². The van der Waals surface area contributed by atoms with Crippen molar-refractivity contribution in [1.82, 2.24) is 4.90 Å². The van der Waals surface area contributed by atoms with Crippen LogP contribution in [0.4, 0.5) is 0 Å². The zero-order valence-electron chi connectivity index (χ0n) is 7.27. The molecule has 2 heterocycles. The Morgan fingerprint density at radius 2 is 2.38 bits per heavy atom. The number of furan rings is 1. The topological polar surface area (TPSA) is 33.5 Å². The van der Waals surface area contributed by atoms with Gasteiger partial charge in [-0.3, -0.25) is 4.79 Å². The molecule has 0 spiro atoms. The highest BCUT2D eigenvalue weighted by atomic mass is 16.3. The van der Waals surface area contributed by atoms with Crippen LogP contribution in [0.5, 0.6) is 0 Å². The Morgan fingerprint density at radius 1 is 1.46 bits per heavy atom. The molecule has 0 aromatic carbocycles. The lowest BCUT2D eigenvalue weighted by atomic mass is 10.2. The van der Waals surface area contributed by atoms with Crippen LogP contribution < -0.4 is 0 Å². The molecule has 2 rings (SSSR count). The Morgan fingerprint density at radius 3 is 3.00 bits per heavy atom. The molecule has 0 atom stereocenters. The summed E-state index contributed by atoms with van der Waals surface area (Å²) in [6, 6.07) is 3.42. The van der Waals surface area contributed by atoms with Gasteiger partial charge in [-0.2, -0.15) is 0 Å². The summed E-state index contributed by atoms with van der Waals surface area (Å²) in [5.74, 6) is 0.407. The van der Waals surface area contributed by atoms with Crippen LogP contribution in [0.2, 0.25) is 0 Å². The maximum absolute atomic E-state index is 11.7. The van der Waals surface area contributed by atoms with Gasteiger partial charge in [0, 0.05) is 13.1 Å². The van der Waals surface area contributed by atoms with Crippen molar-refractivity contribution in [2.45, 2.75) is 6.42 Å². The Kier molecular flexibility index (Phi) is 2.17. The second kappa shape index (κ2) is 3.47. The molecular formula is C10H11NO2. The summed E-state index contributed by atoms with van der Waals surface area (Å²) < 4.78 is 5.03. The first-order chi connectivity index (χ1) is 6.38. The van der Waals surface area contributed by atoms with Crippen molar-refractivity contribution in [3.05, 3.63) is 36.3 Å². The van der Waals surface area contributed by atoms with Crippen molar-refractivity contribution < 1.29 is 9.21 Å². The minimum atomic E-state index is -0.0191. The monoisotopic (exact) mass is 177 g/mol. The molecule has 0 radical (unpaired) electrons. The molecule has 0 saturated heterocycles. The number of nitrogens with zero attached hydrogens (tertiary/aromatic N) is 1. The first-order valence-electron chi connectivity index (χ1n) is 4.36. The zero-order chi connectivity index (χ0) is 9.10. The maximum Gasteiger partial charge on any atom is 0.289 e. The summed E-state index contributed by atoms with van der Waals surface area (Å²) in [7, 11) is 0. The lowest BCUT2D eigenvalue weighted by molar-refractivity contribution is 0.0739. The van der Waals surface area contributed by atoms with Crippen molar-refractivity contribution in [1.29, 1.82) is 0 Å². The van der Waals surface area contributed by atoms with E-state index in [9.17, 15) is 4.79 Å². The third-order valence-electron chi connectivity index (χ3n) is 2.08. The molecule has 13 heavy (non-hydrogen) atoms. The largest absolute Gasteiger partial charge is 0.459 e. The molecule has 1 amide bonds. The molecule has 3 heteroatoms. The van der Waals surface area contributed by atoms with Gasteiger partial charge in [0.15, 0.2) is 5.76 Å². The van der Waals surface area contributed by atoms with Crippen LogP contribution >= 0.6 is 0 Å². The third-order valence-corrected chi connectivity index (χ3v) is 2.08. The second-order valence-corrected chi connectivity index (χ2v) is 2.99. The summed E-state index contributed by atoms with van der Waals surface area (Å²) in [6.07, 6.45) is 6.55. The van der Waals surface area contributed by atoms with Crippen LogP contribution in [0.1, 0.15) is 17.0 Å². The van der Waals surface area contributed by atoms with Gasteiger partial charge in [-0.1, -0.05) is 12.2 Å². The van der Waals surface area contributed by atoms with Crippen molar-refractivity contribution in [2.24, 2.45) is 0 Å². The first kappa shape index (κ1) is 8.10. The number of hydrogen-bond acceptors (Lipinski definition) is 2. The van der Waals surface area contributed by atoms with E-state index in [2.05, 4.69) is 6.08 Å². The fraction of sp³-hybridized carbons (Fsp3) is 0.300. The summed E-state index contributed by atoms with van der Waals surface area (Å²) in [6.45, 7) is 1.48. The molecule has 1 aliphatic rings. The van der Waals surface area contributed by atoms with Gasteiger partial charge in [0.2, 0.25) is 0 Å². The van der Waals surface area contributed by atoms with Crippen molar-refractivity contribution >= 4 is 5.91 Å². The Labute approximate surface area is 76.6 Å². The van der Waals surface area contributed by atoms with E-state index in [4.69, 9.17) is 4.42 Å².